The molecule has 0 spiro atoms. The fraction of sp³-hybridized carbons (Fsp3) is 0.500. The van der Waals surface area contributed by atoms with Gasteiger partial charge in [-0.3, -0.25) is 0 Å². The third kappa shape index (κ3) is 4.18. The Kier molecular flexibility index (Phi) is 5.06. The first-order valence-corrected chi connectivity index (χ1v) is 5.70. The molecule has 1 rings (SSSR count). The molecule has 0 fully saturated rings. The zero-order chi connectivity index (χ0) is 11.3. The third-order valence-corrected chi connectivity index (χ3v) is 2.69. The van der Waals surface area contributed by atoms with Crippen molar-refractivity contribution in [3.05, 3.63) is 34.6 Å². The summed E-state index contributed by atoms with van der Waals surface area (Å²) in [5.41, 5.74) is 6.53. The lowest BCUT2D eigenvalue weighted by atomic mass is 10.0. The molecule has 1 atom stereocenters. The molecule has 1 nitrogen and oxygen atoms in total. The van der Waals surface area contributed by atoms with Crippen molar-refractivity contribution in [1.82, 2.24) is 0 Å². The van der Waals surface area contributed by atoms with Gasteiger partial charge in [0, 0.05) is 11.1 Å². The van der Waals surface area contributed by atoms with Crippen molar-refractivity contribution in [2.75, 3.05) is 0 Å². The highest BCUT2D eigenvalue weighted by atomic mass is 35.5. The molecular formula is C12H17ClFN. The van der Waals surface area contributed by atoms with E-state index in [2.05, 4.69) is 6.92 Å². The standard InChI is InChI=1S/C12H17ClFN/c1-2-3-11(15)6-4-9-8-10(13)5-7-12(9)14/h5,7-8,11H,2-4,6,15H2,1H3. The molecule has 1 unspecified atom stereocenters. The summed E-state index contributed by atoms with van der Waals surface area (Å²) in [7, 11) is 0. The quantitative estimate of drug-likeness (QED) is 0.821. The van der Waals surface area contributed by atoms with E-state index in [1.165, 1.54) is 6.07 Å². The summed E-state index contributed by atoms with van der Waals surface area (Å²) >= 11 is 5.80. The van der Waals surface area contributed by atoms with E-state index in [0.717, 1.165) is 19.3 Å². The normalized spacial score (nSPS) is 12.8. The van der Waals surface area contributed by atoms with E-state index >= 15 is 0 Å². The van der Waals surface area contributed by atoms with Gasteiger partial charge in [0.25, 0.3) is 0 Å². The fourth-order valence-corrected chi connectivity index (χ4v) is 1.79. The van der Waals surface area contributed by atoms with Gasteiger partial charge >= 0.3 is 0 Å². The van der Waals surface area contributed by atoms with Gasteiger partial charge in [-0.2, -0.15) is 0 Å². The molecule has 0 heterocycles. The molecule has 0 aromatic heterocycles. The average molecular weight is 230 g/mol. The Labute approximate surface area is 95.4 Å². The number of hydrogen-bond acceptors (Lipinski definition) is 1. The molecule has 0 aliphatic carbocycles. The Morgan fingerprint density at radius 3 is 2.80 bits per heavy atom. The second-order valence-corrected chi connectivity index (χ2v) is 4.26. The van der Waals surface area contributed by atoms with Crippen molar-refractivity contribution >= 4 is 11.6 Å². The predicted octanol–water partition coefficient (Wildman–Crippen LogP) is 3.54. The summed E-state index contributed by atoms with van der Waals surface area (Å²) in [6.07, 6.45) is 3.53. The summed E-state index contributed by atoms with van der Waals surface area (Å²) in [4.78, 5) is 0. The number of aryl methyl sites for hydroxylation is 1. The van der Waals surface area contributed by atoms with Crippen molar-refractivity contribution in [2.45, 2.75) is 38.6 Å². The summed E-state index contributed by atoms with van der Waals surface area (Å²) in [6.45, 7) is 2.10. The highest BCUT2D eigenvalue weighted by molar-refractivity contribution is 6.30. The third-order valence-electron chi connectivity index (χ3n) is 2.45. The molecule has 2 N–H and O–H groups in total. The smallest absolute Gasteiger partial charge is 0.126 e. The van der Waals surface area contributed by atoms with E-state index in [9.17, 15) is 4.39 Å². The van der Waals surface area contributed by atoms with Gasteiger partial charge in [-0.05, 0) is 43.0 Å². The van der Waals surface area contributed by atoms with Crippen LogP contribution in [0.25, 0.3) is 0 Å². The molecule has 3 heteroatoms. The predicted molar refractivity (Wildman–Crippen MR) is 62.6 cm³/mol. The van der Waals surface area contributed by atoms with Crippen LogP contribution in [0.1, 0.15) is 31.7 Å². The van der Waals surface area contributed by atoms with Gasteiger partial charge in [-0.25, -0.2) is 4.39 Å². The lowest BCUT2D eigenvalue weighted by Gasteiger charge is -2.10. The molecule has 0 saturated carbocycles. The highest BCUT2D eigenvalue weighted by Crippen LogP contribution is 2.17. The molecule has 0 radical (unpaired) electrons. The lowest BCUT2D eigenvalue weighted by Crippen LogP contribution is -2.20. The number of hydrogen-bond donors (Lipinski definition) is 1. The topological polar surface area (TPSA) is 26.0 Å². The van der Waals surface area contributed by atoms with Crippen LogP contribution in [0.5, 0.6) is 0 Å². The van der Waals surface area contributed by atoms with E-state index in [-0.39, 0.29) is 11.9 Å². The molecule has 0 aliphatic heterocycles. The molecular weight excluding hydrogens is 213 g/mol. The Morgan fingerprint density at radius 1 is 1.40 bits per heavy atom. The Hall–Kier alpha value is -0.600. The van der Waals surface area contributed by atoms with E-state index in [1.807, 2.05) is 0 Å². The van der Waals surface area contributed by atoms with Crippen LogP contribution in [0.15, 0.2) is 18.2 Å². The number of rotatable bonds is 5. The number of halogens is 2. The van der Waals surface area contributed by atoms with Gasteiger partial charge in [0.05, 0.1) is 0 Å². The van der Waals surface area contributed by atoms with Crippen LogP contribution < -0.4 is 5.73 Å². The fourth-order valence-electron chi connectivity index (χ4n) is 1.59. The summed E-state index contributed by atoms with van der Waals surface area (Å²) < 4.78 is 13.3. The summed E-state index contributed by atoms with van der Waals surface area (Å²) in [5.74, 6) is -0.192. The largest absolute Gasteiger partial charge is 0.328 e. The first kappa shape index (κ1) is 12.5. The van der Waals surface area contributed by atoms with Crippen molar-refractivity contribution in [3.8, 4) is 0 Å². The highest BCUT2D eigenvalue weighted by Gasteiger charge is 2.06. The lowest BCUT2D eigenvalue weighted by molar-refractivity contribution is 0.545. The van der Waals surface area contributed by atoms with Gasteiger partial charge in [0.15, 0.2) is 0 Å². The van der Waals surface area contributed by atoms with E-state index in [4.69, 9.17) is 17.3 Å². The average Bonchev–Trinajstić information content (AvgIpc) is 2.20. The molecule has 15 heavy (non-hydrogen) atoms. The molecule has 0 saturated heterocycles. The Balaban J connectivity index is 2.53. The minimum absolute atomic E-state index is 0.161. The van der Waals surface area contributed by atoms with Gasteiger partial charge in [-0.15, -0.1) is 0 Å². The maximum atomic E-state index is 13.3. The Morgan fingerprint density at radius 2 is 2.13 bits per heavy atom. The van der Waals surface area contributed by atoms with E-state index in [1.54, 1.807) is 12.1 Å². The van der Waals surface area contributed by atoms with Crippen LogP contribution in [0.2, 0.25) is 5.02 Å². The molecule has 84 valence electrons. The maximum absolute atomic E-state index is 13.3. The van der Waals surface area contributed by atoms with Gasteiger partial charge in [0.2, 0.25) is 0 Å². The number of nitrogens with two attached hydrogens (primary N) is 1. The maximum Gasteiger partial charge on any atom is 0.126 e. The van der Waals surface area contributed by atoms with Crippen LogP contribution in [-0.2, 0) is 6.42 Å². The first-order valence-electron chi connectivity index (χ1n) is 5.33. The van der Waals surface area contributed by atoms with Gasteiger partial charge < -0.3 is 5.73 Å². The Bertz CT molecular complexity index is 314. The SMILES string of the molecule is CCCC(N)CCc1cc(Cl)ccc1F. The second-order valence-electron chi connectivity index (χ2n) is 3.82. The zero-order valence-corrected chi connectivity index (χ0v) is 9.73. The zero-order valence-electron chi connectivity index (χ0n) is 8.97. The van der Waals surface area contributed by atoms with Crippen LogP contribution >= 0.6 is 11.6 Å². The van der Waals surface area contributed by atoms with Crippen LogP contribution in [0.3, 0.4) is 0 Å². The summed E-state index contributed by atoms with van der Waals surface area (Å²) in [6, 6.07) is 4.80. The van der Waals surface area contributed by atoms with Crippen LogP contribution in [0, 0.1) is 5.82 Å². The second kappa shape index (κ2) is 6.09. The van der Waals surface area contributed by atoms with Gasteiger partial charge in [-0.1, -0.05) is 24.9 Å². The molecule has 0 bridgehead atoms. The van der Waals surface area contributed by atoms with Crippen molar-refractivity contribution in [2.24, 2.45) is 5.73 Å². The first-order chi connectivity index (χ1) is 7.13. The minimum Gasteiger partial charge on any atom is -0.328 e. The molecule has 1 aromatic carbocycles. The summed E-state index contributed by atoms with van der Waals surface area (Å²) in [5, 5.41) is 0.579. The van der Waals surface area contributed by atoms with Crippen LogP contribution in [0.4, 0.5) is 4.39 Å². The van der Waals surface area contributed by atoms with E-state index in [0.29, 0.717) is 17.0 Å². The van der Waals surface area contributed by atoms with Crippen molar-refractivity contribution in [3.63, 3.8) is 0 Å². The molecule has 0 amide bonds. The minimum atomic E-state index is -0.192. The van der Waals surface area contributed by atoms with E-state index < -0.39 is 0 Å². The van der Waals surface area contributed by atoms with Crippen LogP contribution in [-0.4, -0.2) is 6.04 Å². The van der Waals surface area contributed by atoms with Crippen molar-refractivity contribution < 1.29 is 4.39 Å². The number of benzene rings is 1. The van der Waals surface area contributed by atoms with Crippen molar-refractivity contribution in [1.29, 1.82) is 0 Å². The van der Waals surface area contributed by atoms with Gasteiger partial charge in [0.1, 0.15) is 5.82 Å². The monoisotopic (exact) mass is 229 g/mol. The molecule has 1 aromatic rings. The molecule has 0 aliphatic rings.